The Bertz CT molecular complexity index is 493. The van der Waals surface area contributed by atoms with Crippen molar-refractivity contribution >= 4 is 12.6 Å². The maximum absolute atomic E-state index is 6.08. The van der Waals surface area contributed by atoms with Gasteiger partial charge >= 0.3 is 7.12 Å². The van der Waals surface area contributed by atoms with E-state index in [1.165, 1.54) is 12.0 Å². The highest BCUT2D eigenvalue weighted by Gasteiger charge is 2.51. The lowest BCUT2D eigenvalue weighted by atomic mass is 9.79. The predicted octanol–water partition coefficient (Wildman–Crippen LogP) is 2.51. The van der Waals surface area contributed by atoms with E-state index in [4.69, 9.17) is 14.1 Å². The van der Waals surface area contributed by atoms with Crippen LogP contribution in [0.5, 0.6) is 0 Å². The van der Waals surface area contributed by atoms with Gasteiger partial charge in [0.15, 0.2) is 0 Å². The van der Waals surface area contributed by atoms with Crippen molar-refractivity contribution in [3.8, 4) is 0 Å². The molecule has 0 unspecified atom stereocenters. The monoisotopic (exact) mass is 303 g/mol. The van der Waals surface area contributed by atoms with Crippen LogP contribution in [0.1, 0.15) is 46.1 Å². The van der Waals surface area contributed by atoms with Crippen molar-refractivity contribution in [2.45, 2.75) is 58.3 Å². The SMILES string of the molecule is CC1(C)OB(c2ccc(CN3CCCCO3)cc2)OC1(C)C. The highest BCUT2D eigenvalue weighted by Crippen LogP contribution is 2.36. The van der Waals surface area contributed by atoms with Gasteiger partial charge in [0.1, 0.15) is 0 Å². The van der Waals surface area contributed by atoms with Crippen molar-refractivity contribution in [1.82, 2.24) is 5.06 Å². The number of hydroxylamine groups is 2. The van der Waals surface area contributed by atoms with Gasteiger partial charge < -0.3 is 9.31 Å². The number of hydrogen-bond donors (Lipinski definition) is 0. The molecule has 2 aliphatic rings. The smallest absolute Gasteiger partial charge is 0.399 e. The summed E-state index contributed by atoms with van der Waals surface area (Å²) in [5.74, 6) is 0. The van der Waals surface area contributed by atoms with Gasteiger partial charge in [-0.1, -0.05) is 24.3 Å². The van der Waals surface area contributed by atoms with Crippen LogP contribution in [0.3, 0.4) is 0 Å². The standard InChI is InChI=1S/C17H26BNO3/c1-16(2)17(3,4)22-18(21-16)15-9-7-14(8-10-15)13-19-11-5-6-12-20-19/h7-10H,5-6,11-13H2,1-4H3. The zero-order valence-corrected chi connectivity index (χ0v) is 14.1. The lowest BCUT2D eigenvalue weighted by molar-refractivity contribution is -0.187. The van der Waals surface area contributed by atoms with Crippen molar-refractivity contribution in [2.24, 2.45) is 0 Å². The minimum absolute atomic E-state index is 0.287. The predicted molar refractivity (Wildman–Crippen MR) is 87.8 cm³/mol. The summed E-state index contributed by atoms with van der Waals surface area (Å²) in [6, 6.07) is 8.47. The molecule has 3 rings (SSSR count). The first-order valence-corrected chi connectivity index (χ1v) is 8.20. The second-order valence-corrected chi connectivity index (χ2v) is 7.23. The van der Waals surface area contributed by atoms with Crippen molar-refractivity contribution in [2.75, 3.05) is 13.2 Å². The fourth-order valence-corrected chi connectivity index (χ4v) is 2.74. The number of nitrogens with zero attached hydrogens (tertiary/aromatic N) is 1. The molecule has 0 atom stereocenters. The van der Waals surface area contributed by atoms with E-state index in [0.29, 0.717) is 0 Å². The normalized spacial score (nSPS) is 24.6. The molecule has 4 nitrogen and oxygen atoms in total. The second-order valence-electron chi connectivity index (χ2n) is 7.23. The van der Waals surface area contributed by atoms with Crippen LogP contribution in [0.2, 0.25) is 0 Å². The molecule has 0 aromatic heterocycles. The molecule has 22 heavy (non-hydrogen) atoms. The van der Waals surface area contributed by atoms with Gasteiger partial charge in [-0.2, -0.15) is 5.06 Å². The minimum Gasteiger partial charge on any atom is -0.399 e. The van der Waals surface area contributed by atoms with E-state index in [1.807, 2.05) is 5.06 Å². The van der Waals surface area contributed by atoms with Gasteiger partial charge in [-0.15, -0.1) is 0 Å². The molecule has 2 aliphatic heterocycles. The number of benzene rings is 1. The molecule has 2 saturated heterocycles. The van der Waals surface area contributed by atoms with E-state index in [-0.39, 0.29) is 18.3 Å². The van der Waals surface area contributed by atoms with E-state index >= 15 is 0 Å². The number of rotatable bonds is 3. The summed E-state index contributed by atoms with van der Waals surface area (Å²) in [5, 5.41) is 2.05. The molecule has 120 valence electrons. The van der Waals surface area contributed by atoms with Crippen LogP contribution in [0.25, 0.3) is 0 Å². The first-order chi connectivity index (χ1) is 10.4. The molecule has 0 spiro atoms. The van der Waals surface area contributed by atoms with Crippen LogP contribution >= 0.6 is 0 Å². The molecule has 2 heterocycles. The van der Waals surface area contributed by atoms with Crippen molar-refractivity contribution in [1.29, 1.82) is 0 Å². The average molecular weight is 303 g/mol. The molecule has 0 bridgehead atoms. The topological polar surface area (TPSA) is 30.9 Å². The van der Waals surface area contributed by atoms with E-state index < -0.39 is 0 Å². The molecule has 0 amide bonds. The molecular weight excluding hydrogens is 277 g/mol. The molecule has 0 saturated carbocycles. The van der Waals surface area contributed by atoms with Crippen LogP contribution in [0.15, 0.2) is 24.3 Å². The third-order valence-electron chi connectivity index (χ3n) is 4.94. The largest absolute Gasteiger partial charge is 0.494 e. The van der Waals surface area contributed by atoms with Crippen LogP contribution < -0.4 is 5.46 Å². The van der Waals surface area contributed by atoms with Crippen molar-refractivity contribution < 1.29 is 14.1 Å². The first kappa shape index (κ1) is 16.0. The molecule has 1 aromatic carbocycles. The van der Waals surface area contributed by atoms with E-state index in [9.17, 15) is 0 Å². The Balaban J connectivity index is 1.65. The summed E-state index contributed by atoms with van der Waals surface area (Å²) < 4.78 is 12.2. The molecular formula is C17H26BNO3. The fourth-order valence-electron chi connectivity index (χ4n) is 2.74. The summed E-state index contributed by atoms with van der Waals surface area (Å²) in [7, 11) is -0.287. The molecule has 1 aromatic rings. The molecule has 0 radical (unpaired) electrons. The van der Waals surface area contributed by atoms with Crippen molar-refractivity contribution in [3.63, 3.8) is 0 Å². The molecule has 2 fully saturated rings. The Kier molecular flexibility index (Phi) is 4.34. The van der Waals surface area contributed by atoms with Gasteiger partial charge in [-0.25, -0.2) is 0 Å². The highest BCUT2D eigenvalue weighted by molar-refractivity contribution is 6.62. The molecule has 0 aliphatic carbocycles. The van der Waals surface area contributed by atoms with Gasteiger partial charge in [0.25, 0.3) is 0 Å². The van der Waals surface area contributed by atoms with E-state index in [0.717, 1.165) is 31.6 Å². The summed E-state index contributed by atoms with van der Waals surface area (Å²) in [5.41, 5.74) is 1.74. The second kappa shape index (κ2) is 5.97. The molecule has 0 N–H and O–H groups in total. The zero-order chi connectivity index (χ0) is 15.8. The maximum Gasteiger partial charge on any atom is 0.494 e. The summed E-state index contributed by atoms with van der Waals surface area (Å²) in [6.07, 6.45) is 2.38. The van der Waals surface area contributed by atoms with Crippen LogP contribution in [-0.4, -0.2) is 36.5 Å². The van der Waals surface area contributed by atoms with Gasteiger partial charge in [0.2, 0.25) is 0 Å². The van der Waals surface area contributed by atoms with Gasteiger partial charge in [-0.05, 0) is 51.6 Å². The van der Waals surface area contributed by atoms with Crippen LogP contribution in [0, 0.1) is 0 Å². The third kappa shape index (κ3) is 3.23. The fraction of sp³-hybridized carbons (Fsp3) is 0.647. The highest BCUT2D eigenvalue weighted by atomic mass is 16.7. The Morgan fingerprint density at radius 2 is 1.64 bits per heavy atom. The Labute approximate surface area is 133 Å². The van der Waals surface area contributed by atoms with Crippen LogP contribution in [0.4, 0.5) is 0 Å². The summed E-state index contributed by atoms with van der Waals surface area (Å²) in [6.45, 7) is 11.0. The number of hydrogen-bond acceptors (Lipinski definition) is 4. The van der Waals surface area contributed by atoms with Gasteiger partial charge in [0.05, 0.1) is 17.8 Å². The Morgan fingerprint density at radius 1 is 1.00 bits per heavy atom. The Hall–Kier alpha value is -0.875. The van der Waals surface area contributed by atoms with Gasteiger partial charge in [-0.3, -0.25) is 4.84 Å². The molecule has 5 heteroatoms. The van der Waals surface area contributed by atoms with Gasteiger partial charge in [0, 0.05) is 13.1 Å². The quantitative estimate of drug-likeness (QED) is 0.803. The average Bonchev–Trinajstić information content (AvgIpc) is 2.69. The van der Waals surface area contributed by atoms with E-state index in [2.05, 4.69) is 52.0 Å². The summed E-state index contributed by atoms with van der Waals surface area (Å²) >= 11 is 0. The lowest BCUT2D eigenvalue weighted by Gasteiger charge is -2.32. The Morgan fingerprint density at radius 3 is 2.18 bits per heavy atom. The third-order valence-corrected chi connectivity index (χ3v) is 4.94. The first-order valence-electron chi connectivity index (χ1n) is 8.20. The zero-order valence-electron chi connectivity index (χ0n) is 14.1. The van der Waals surface area contributed by atoms with E-state index in [1.54, 1.807) is 0 Å². The van der Waals surface area contributed by atoms with Crippen LogP contribution in [-0.2, 0) is 20.7 Å². The minimum atomic E-state index is -0.294. The maximum atomic E-state index is 6.08. The lowest BCUT2D eigenvalue weighted by Crippen LogP contribution is -2.41. The van der Waals surface area contributed by atoms with Crippen molar-refractivity contribution in [3.05, 3.63) is 29.8 Å². The summed E-state index contributed by atoms with van der Waals surface area (Å²) in [4.78, 5) is 5.65.